The second kappa shape index (κ2) is 4.61. The zero-order chi connectivity index (χ0) is 11.6. The van der Waals surface area contributed by atoms with Crippen LogP contribution in [0.3, 0.4) is 0 Å². The number of hydrogen-bond donors (Lipinski definition) is 2. The van der Waals surface area contributed by atoms with Crippen LogP contribution >= 0.6 is 11.3 Å². The van der Waals surface area contributed by atoms with Crippen LogP contribution in [0.4, 0.5) is 5.13 Å². The summed E-state index contributed by atoms with van der Waals surface area (Å²) in [5.41, 5.74) is 0.179. The van der Waals surface area contributed by atoms with Gasteiger partial charge in [-0.25, -0.2) is 9.78 Å². The summed E-state index contributed by atoms with van der Waals surface area (Å²) in [4.78, 5) is 15.8. The molecule has 0 fully saturated rings. The Bertz CT molecular complexity index is 358. The van der Waals surface area contributed by atoms with E-state index in [0.29, 0.717) is 5.13 Å². The zero-order valence-corrected chi connectivity index (χ0v) is 10.2. The van der Waals surface area contributed by atoms with Crippen molar-refractivity contribution in [3.63, 3.8) is 0 Å². The molecule has 0 aliphatic rings. The third-order valence-electron chi connectivity index (χ3n) is 1.79. The third-order valence-corrected chi connectivity index (χ3v) is 3.08. The molecule has 15 heavy (non-hydrogen) atoms. The Morgan fingerprint density at radius 2 is 2.00 bits per heavy atom. The fourth-order valence-electron chi connectivity index (χ4n) is 1.19. The molecular weight excluding hydrogens is 212 g/mol. The van der Waals surface area contributed by atoms with Crippen molar-refractivity contribution in [3.05, 3.63) is 10.6 Å². The summed E-state index contributed by atoms with van der Waals surface area (Å²) in [5, 5.41) is 12.8. The van der Waals surface area contributed by atoms with Crippen LogP contribution in [0.25, 0.3) is 0 Å². The van der Waals surface area contributed by atoms with Crippen molar-refractivity contribution in [3.8, 4) is 0 Å². The van der Waals surface area contributed by atoms with E-state index in [2.05, 4.69) is 10.3 Å². The van der Waals surface area contributed by atoms with Crippen molar-refractivity contribution in [2.24, 2.45) is 0 Å². The molecule has 0 saturated carbocycles. The molecule has 0 aromatic carbocycles. The quantitative estimate of drug-likeness (QED) is 0.831. The molecule has 0 bridgehead atoms. The normalized spacial score (nSPS) is 11.1. The maximum Gasteiger partial charge on any atom is 0.355 e. The summed E-state index contributed by atoms with van der Waals surface area (Å²) >= 11 is 1.42. The van der Waals surface area contributed by atoms with Crippen molar-refractivity contribution in [1.29, 1.82) is 0 Å². The predicted octanol–water partition coefficient (Wildman–Crippen LogP) is 2.79. The number of carbonyl (C=O) groups is 1. The van der Waals surface area contributed by atoms with Gasteiger partial charge < -0.3 is 10.4 Å². The van der Waals surface area contributed by atoms with Gasteiger partial charge in [-0.1, -0.05) is 13.8 Å². The first-order chi connectivity index (χ1) is 6.91. The van der Waals surface area contributed by atoms with Crippen LogP contribution in [-0.2, 0) is 0 Å². The number of nitrogens with one attached hydrogen (secondary N) is 1. The van der Waals surface area contributed by atoms with Crippen molar-refractivity contribution in [2.75, 3.05) is 5.32 Å². The molecule has 0 atom stereocenters. The fraction of sp³-hybridized carbons (Fsp3) is 0.600. The fourth-order valence-corrected chi connectivity index (χ4v) is 2.29. The number of carboxylic acid groups (broad SMARTS) is 1. The molecule has 0 amide bonds. The lowest BCUT2D eigenvalue weighted by molar-refractivity contribution is 0.0690. The number of aromatic nitrogens is 1. The molecule has 0 aliphatic carbocycles. The zero-order valence-electron chi connectivity index (χ0n) is 9.37. The van der Waals surface area contributed by atoms with Gasteiger partial charge in [-0.3, -0.25) is 0 Å². The van der Waals surface area contributed by atoms with E-state index < -0.39 is 5.97 Å². The molecular formula is C10H16N2O2S. The van der Waals surface area contributed by atoms with Crippen LogP contribution in [0, 0.1) is 0 Å². The van der Waals surface area contributed by atoms with Crippen molar-refractivity contribution < 1.29 is 9.90 Å². The van der Waals surface area contributed by atoms with E-state index in [9.17, 15) is 4.79 Å². The number of carboxylic acids is 1. The minimum atomic E-state index is -0.952. The average molecular weight is 228 g/mol. The highest BCUT2D eigenvalue weighted by atomic mass is 32.1. The minimum absolute atomic E-state index is 0.179. The molecule has 0 radical (unpaired) electrons. The topological polar surface area (TPSA) is 62.2 Å². The van der Waals surface area contributed by atoms with Crippen molar-refractivity contribution >= 4 is 22.4 Å². The van der Waals surface area contributed by atoms with Crippen LogP contribution in [0.15, 0.2) is 0 Å². The van der Waals surface area contributed by atoms with Crippen LogP contribution in [0.1, 0.15) is 49.0 Å². The van der Waals surface area contributed by atoms with Gasteiger partial charge in [0.25, 0.3) is 0 Å². The van der Waals surface area contributed by atoms with E-state index in [-0.39, 0.29) is 17.7 Å². The Kier molecular flexibility index (Phi) is 3.68. The molecule has 1 aromatic rings. The van der Waals surface area contributed by atoms with E-state index >= 15 is 0 Å². The van der Waals surface area contributed by atoms with Gasteiger partial charge in [0.15, 0.2) is 10.8 Å². The lowest BCUT2D eigenvalue weighted by atomic mass is 10.1. The summed E-state index contributed by atoms with van der Waals surface area (Å²) in [6.45, 7) is 7.94. The lowest BCUT2D eigenvalue weighted by Crippen LogP contribution is -2.09. The number of aromatic carboxylic acids is 1. The maximum absolute atomic E-state index is 10.9. The molecule has 1 aromatic heterocycles. The summed E-state index contributed by atoms with van der Waals surface area (Å²) in [6, 6.07) is 0.262. The third kappa shape index (κ3) is 2.92. The van der Waals surface area contributed by atoms with Gasteiger partial charge in [-0.2, -0.15) is 0 Å². The summed E-state index contributed by atoms with van der Waals surface area (Å²) in [7, 11) is 0. The summed E-state index contributed by atoms with van der Waals surface area (Å²) in [6.07, 6.45) is 0. The van der Waals surface area contributed by atoms with Gasteiger partial charge >= 0.3 is 5.97 Å². The lowest BCUT2D eigenvalue weighted by Gasteiger charge is -2.04. The number of nitrogens with zero attached hydrogens (tertiary/aromatic N) is 1. The summed E-state index contributed by atoms with van der Waals surface area (Å²) in [5.74, 6) is -0.761. The first-order valence-electron chi connectivity index (χ1n) is 4.92. The number of rotatable bonds is 4. The van der Waals surface area contributed by atoms with Crippen LogP contribution in [0.2, 0.25) is 0 Å². The Morgan fingerprint density at radius 1 is 1.40 bits per heavy atom. The maximum atomic E-state index is 10.9. The molecule has 0 unspecified atom stereocenters. The molecule has 84 valence electrons. The largest absolute Gasteiger partial charge is 0.476 e. The van der Waals surface area contributed by atoms with Gasteiger partial charge in [0.05, 0.1) is 0 Å². The minimum Gasteiger partial charge on any atom is -0.476 e. The smallest absolute Gasteiger partial charge is 0.355 e. The predicted molar refractivity (Wildman–Crippen MR) is 61.9 cm³/mol. The average Bonchev–Trinajstić information content (AvgIpc) is 2.46. The molecule has 5 heteroatoms. The Balaban J connectivity index is 3.04. The van der Waals surface area contributed by atoms with Gasteiger partial charge in [-0.15, -0.1) is 11.3 Å². The van der Waals surface area contributed by atoms with Gasteiger partial charge in [0.1, 0.15) is 0 Å². The van der Waals surface area contributed by atoms with Crippen molar-refractivity contribution in [2.45, 2.75) is 39.7 Å². The first-order valence-corrected chi connectivity index (χ1v) is 5.74. The number of thiazole rings is 1. The summed E-state index contributed by atoms with van der Waals surface area (Å²) < 4.78 is 0. The van der Waals surface area contributed by atoms with E-state index in [1.54, 1.807) is 0 Å². The molecule has 0 aliphatic heterocycles. The molecule has 0 saturated heterocycles. The SMILES string of the molecule is CC(C)Nc1nc(C(=O)O)c(C(C)C)s1. The first kappa shape index (κ1) is 12.0. The van der Waals surface area contributed by atoms with Crippen LogP contribution in [0.5, 0.6) is 0 Å². The Labute approximate surface area is 93.4 Å². The second-order valence-electron chi connectivity index (χ2n) is 3.99. The highest BCUT2D eigenvalue weighted by molar-refractivity contribution is 7.16. The highest BCUT2D eigenvalue weighted by Crippen LogP contribution is 2.30. The Morgan fingerprint density at radius 3 is 2.33 bits per heavy atom. The highest BCUT2D eigenvalue weighted by Gasteiger charge is 2.19. The van der Waals surface area contributed by atoms with Crippen molar-refractivity contribution in [1.82, 2.24) is 4.98 Å². The molecule has 2 N–H and O–H groups in total. The van der Waals surface area contributed by atoms with E-state index in [1.807, 2.05) is 27.7 Å². The molecule has 4 nitrogen and oxygen atoms in total. The standard InChI is InChI=1S/C10H16N2O2S/c1-5(2)8-7(9(13)14)12-10(15-8)11-6(3)4/h5-6H,1-4H3,(H,11,12)(H,13,14). The molecule has 0 spiro atoms. The monoisotopic (exact) mass is 228 g/mol. The molecule has 1 heterocycles. The van der Waals surface area contributed by atoms with E-state index in [1.165, 1.54) is 11.3 Å². The molecule has 1 rings (SSSR count). The van der Waals surface area contributed by atoms with Gasteiger partial charge in [0.2, 0.25) is 0 Å². The van der Waals surface area contributed by atoms with Crippen LogP contribution in [-0.4, -0.2) is 22.1 Å². The second-order valence-corrected chi connectivity index (χ2v) is 5.02. The van der Waals surface area contributed by atoms with Gasteiger partial charge in [-0.05, 0) is 19.8 Å². The van der Waals surface area contributed by atoms with E-state index in [0.717, 1.165) is 4.88 Å². The number of anilines is 1. The van der Waals surface area contributed by atoms with E-state index in [4.69, 9.17) is 5.11 Å². The van der Waals surface area contributed by atoms with Gasteiger partial charge in [0, 0.05) is 10.9 Å². The number of hydrogen-bond acceptors (Lipinski definition) is 4. The van der Waals surface area contributed by atoms with Crippen LogP contribution < -0.4 is 5.32 Å². The Hall–Kier alpha value is -1.10.